The molecule has 0 spiro atoms. The van der Waals surface area contributed by atoms with Crippen LogP contribution in [0.15, 0.2) is 23.2 Å². The number of carboxylic acid groups (broad SMARTS) is 2. The van der Waals surface area contributed by atoms with Crippen LogP contribution in [-0.4, -0.2) is 42.2 Å². The maximum atomic E-state index is 12.6. The lowest BCUT2D eigenvalue weighted by Gasteiger charge is -2.20. The minimum absolute atomic E-state index is 0.0645. The number of hydrogen-bond acceptors (Lipinski definition) is 4. The van der Waals surface area contributed by atoms with E-state index in [1.807, 2.05) is 11.5 Å². The van der Waals surface area contributed by atoms with E-state index in [1.54, 1.807) is 6.20 Å². The molecule has 2 aromatic rings. The van der Waals surface area contributed by atoms with Gasteiger partial charge in [0.1, 0.15) is 0 Å². The lowest BCUT2D eigenvalue weighted by molar-refractivity contribution is -0.131. The summed E-state index contributed by atoms with van der Waals surface area (Å²) in [5.41, 5.74) is 1.06. The van der Waals surface area contributed by atoms with Gasteiger partial charge in [-0.25, -0.2) is 18.0 Å². The summed E-state index contributed by atoms with van der Waals surface area (Å²) in [6.45, 7) is 2.54. The molecule has 2 N–H and O–H groups in total. The van der Waals surface area contributed by atoms with Crippen molar-refractivity contribution in [3.8, 4) is 0 Å². The van der Waals surface area contributed by atoms with Crippen molar-refractivity contribution in [3.05, 3.63) is 34.4 Å². The molecule has 9 heteroatoms. The molecule has 1 aromatic carbocycles. The minimum Gasteiger partial charge on any atom is -0.478 e. The van der Waals surface area contributed by atoms with E-state index in [0.29, 0.717) is 23.0 Å². The highest BCUT2D eigenvalue weighted by molar-refractivity contribution is 7.97. The van der Waals surface area contributed by atoms with E-state index in [9.17, 15) is 28.2 Å². The normalized spacial score (nSPS) is 15.8. The van der Waals surface area contributed by atoms with Crippen molar-refractivity contribution in [2.45, 2.75) is 19.9 Å². The predicted molar refractivity (Wildman–Crippen MR) is 92.1 cm³/mol. The standard InChI is InChI=1S/C16H16N2O6S/c1-3-4-18-8-10-7-13(16(21)22)25(23,24)17(2)11-5-9(15(19)20)6-12(18)14(10)11/h5-8H,3-4H2,1-2H3,(H,19,20)(H,21,22). The summed E-state index contributed by atoms with van der Waals surface area (Å²) in [5.74, 6) is -2.75. The number of anilines is 1. The van der Waals surface area contributed by atoms with Gasteiger partial charge in [-0.3, -0.25) is 4.31 Å². The third-order valence-corrected chi connectivity index (χ3v) is 5.94. The van der Waals surface area contributed by atoms with Crippen LogP contribution in [0, 0.1) is 0 Å². The number of carboxylic acids is 2. The zero-order chi connectivity index (χ0) is 18.5. The molecular weight excluding hydrogens is 348 g/mol. The monoisotopic (exact) mass is 364 g/mol. The molecule has 0 aliphatic carbocycles. The van der Waals surface area contributed by atoms with Gasteiger partial charge in [0.2, 0.25) is 0 Å². The first-order chi connectivity index (χ1) is 11.7. The molecule has 0 amide bonds. The van der Waals surface area contributed by atoms with Crippen LogP contribution in [0.4, 0.5) is 5.69 Å². The molecule has 1 aliphatic rings. The number of rotatable bonds is 4. The van der Waals surface area contributed by atoms with Gasteiger partial charge in [-0.2, -0.15) is 0 Å². The number of aromatic nitrogens is 1. The Bertz CT molecular complexity index is 1050. The molecule has 3 rings (SSSR count). The Morgan fingerprint density at radius 1 is 1.16 bits per heavy atom. The second-order valence-electron chi connectivity index (χ2n) is 5.76. The Morgan fingerprint density at radius 3 is 2.40 bits per heavy atom. The number of nitrogens with zero attached hydrogens (tertiary/aromatic N) is 2. The molecular formula is C16H16N2O6S. The molecule has 0 saturated carbocycles. The molecule has 0 atom stereocenters. The van der Waals surface area contributed by atoms with Crippen molar-refractivity contribution in [2.75, 3.05) is 11.4 Å². The number of aliphatic carboxylic acids is 1. The molecule has 0 saturated heterocycles. The van der Waals surface area contributed by atoms with Crippen LogP contribution in [0.2, 0.25) is 0 Å². The van der Waals surface area contributed by atoms with E-state index in [-0.39, 0.29) is 11.3 Å². The van der Waals surface area contributed by atoms with E-state index in [1.165, 1.54) is 19.2 Å². The van der Waals surface area contributed by atoms with Gasteiger partial charge in [-0.15, -0.1) is 0 Å². The first kappa shape index (κ1) is 17.0. The Hall–Kier alpha value is -2.81. The number of aryl methyl sites for hydroxylation is 1. The highest BCUT2D eigenvalue weighted by atomic mass is 32.2. The summed E-state index contributed by atoms with van der Waals surface area (Å²) >= 11 is 0. The van der Waals surface area contributed by atoms with Gasteiger partial charge < -0.3 is 14.8 Å². The van der Waals surface area contributed by atoms with Crippen LogP contribution in [-0.2, 0) is 21.4 Å². The van der Waals surface area contributed by atoms with Gasteiger partial charge >= 0.3 is 11.9 Å². The smallest absolute Gasteiger partial charge is 0.349 e. The van der Waals surface area contributed by atoms with Crippen molar-refractivity contribution in [3.63, 3.8) is 0 Å². The Morgan fingerprint density at radius 2 is 1.84 bits per heavy atom. The molecule has 1 aromatic heterocycles. The maximum Gasteiger partial charge on any atom is 0.349 e. The first-order valence-electron chi connectivity index (χ1n) is 7.52. The molecule has 0 unspecified atom stereocenters. The zero-order valence-electron chi connectivity index (χ0n) is 13.6. The van der Waals surface area contributed by atoms with Crippen LogP contribution >= 0.6 is 0 Å². The quantitative estimate of drug-likeness (QED) is 0.856. The molecule has 25 heavy (non-hydrogen) atoms. The fourth-order valence-corrected chi connectivity index (χ4v) is 4.20. The molecule has 1 aliphatic heterocycles. The van der Waals surface area contributed by atoms with E-state index in [4.69, 9.17) is 0 Å². The molecule has 0 bridgehead atoms. The lowest BCUT2D eigenvalue weighted by Crippen LogP contribution is -2.30. The number of sulfonamides is 1. The van der Waals surface area contributed by atoms with E-state index < -0.39 is 26.9 Å². The Labute approximate surface area is 143 Å². The second kappa shape index (κ2) is 5.62. The molecule has 132 valence electrons. The summed E-state index contributed by atoms with van der Waals surface area (Å²) in [6, 6.07) is 2.72. The lowest BCUT2D eigenvalue weighted by atomic mass is 10.1. The van der Waals surface area contributed by atoms with Crippen molar-refractivity contribution in [1.82, 2.24) is 4.57 Å². The van der Waals surface area contributed by atoms with Gasteiger partial charge in [-0.05, 0) is 24.6 Å². The fraction of sp³-hybridized carbons (Fsp3) is 0.250. The summed E-state index contributed by atoms with van der Waals surface area (Å²) in [4.78, 5) is 22.2. The third-order valence-electron chi connectivity index (χ3n) is 4.18. The average molecular weight is 364 g/mol. The van der Waals surface area contributed by atoms with Crippen LogP contribution in [0.5, 0.6) is 0 Å². The number of aromatic carboxylic acids is 1. The fourth-order valence-electron chi connectivity index (χ4n) is 3.01. The van der Waals surface area contributed by atoms with Crippen LogP contribution < -0.4 is 4.31 Å². The van der Waals surface area contributed by atoms with Gasteiger partial charge in [0, 0.05) is 30.7 Å². The summed E-state index contributed by atoms with van der Waals surface area (Å²) in [6.07, 6.45) is 3.56. The number of carbonyl (C=O) groups is 2. The van der Waals surface area contributed by atoms with Gasteiger partial charge in [0.15, 0.2) is 4.91 Å². The molecule has 0 radical (unpaired) electrons. The van der Waals surface area contributed by atoms with E-state index >= 15 is 0 Å². The topological polar surface area (TPSA) is 117 Å². The van der Waals surface area contributed by atoms with Crippen LogP contribution in [0.25, 0.3) is 17.0 Å². The highest BCUT2D eigenvalue weighted by Crippen LogP contribution is 2.39. The maximum absolute atomic E-state index is 12.6. The summed E-state index contributed by atoms with van der Waals surface area (Å²) in [7, 11) is -3.08. The average Bonchev–Trinajstić information content (AvgIpc) is 2.84. The zero-order valence-corrected chi connectivity index (χ0v) is 14.4. The first-order valence-corrected chi connectivity index (χ1v) is 8.96. The van der Waals surface area contributed by atoms with Gasteiger partial charge in [0.25, 0.3) is 10.0 Å². The van der Waals surface area contributed by atoms with Crippen molar-refractivity contribution in [2.24, 2.45) is 0 Å². The Kier molecular flexibility index (Phi) is 3.83. The molecule has 0 fully saturated rings. The van der Waals surface area contributed by atoms with Crippen molar-refractivity contribution < 1.29 is 28.2 Å². The van der Waals surface area contributed by atoms with Crippen molar-refractivity contribution in [1.29, 1.82) is 0 Å². The SMILES string of the molecule is CCCn1cc2c3c(cc(C(=O)O)cc31)N(C)S(=O)(=O)C(C(=O)O)=C2. The summed E-state index contributed by atoms with van der Waals surface area (Å²) < 4.78 is 27.8. The number of benzene rings is 1. The van der Waals surface area contributed by atoms with E-state index in [0.717, 1.165) is 16.8 Å². The minimum atomic E-state index is -4.30. The second-order valence-corrected chi connectivity index (χ2v) is 7.70. The highest BCUT2D eigenvalue weighted by Gasteiger charge is 2.34. The number of hydrogen-bond donors (Lipinski definition) is 2. The van der Waals surface area contributed by atoms with Crippen LogP contribution in [0.1, 0.15) is 29.3 Å². The van der Waals surface area contributed by atoms with Crippen molar-refractivity contribution >= 4 is 44.6 Å². The molecule has 2 heterocycles. The summed E-state index contributed by atoms with van der Waals surface area (Å²) in [5, 5.41) is 19.2. The van der Waals surface area contributed by atoms with E-state index in [2.05, 4.69) is 0 Å². The van der Waals surface area contributed by atoms with Gasteiger partial charge in [0.05, 0.1) is 16.8 Å². The third kappa shape index (κ3) is 2.47. The molecule has 8 nitrogen and oxygen atoms in total. The Balaban J connectivity index is 2.48. The van der Waals surface area contributed by atoms with Crippen LogP contribution in [0.3, 0.4) is 0 Å². The predicted octanol–water partition coefficient (Wildman–Crippen LogP) is 1.95. The van der Waals surface area contributed by atoms with Gasteiger partial charge in [-0.1, -0.05) is 6.92 Å². The largest absolute Gasteiger partial charge is 0.478 e.